The van der Waals surface area contributed by atoms with Crippen LogP contribution in [0.4, 0.5) is 5.69 Å². The summed E-state index contributed by atoms with van der Waals surface area (Å²) in [5, 5.41) is 12.4. The van der Waals surface area contributed by atoms with Gasteiger partial charge in [0.1, 0.15) is 6.04 Å². The van der Waals surface area contributed by atoms with Crippen molar-refractivity contribution in [3.63, 3.8) is 0 Å². The number of thioether (sulfide) groups is 1. The zero-order chi connectivity index (χ0) is 28.0. The molecular weight excluding hydrogens is 524 g/mol. The topological polar surface area (TPSA) is 87.2 Å². The number of hydrogen-bond acceptors (Lipinski definition) is 6. The lowest BCUT2D eigenvalue weighted by Gasteiger charge is -2.40. The van der Waals surface area contributed by atoms with E-state index in [4.69, 9.17) is 4.74 Å². The summed E-state index contributed by atoms with van der Waals surface area (Å²) in [4.78, 5) is 46.1. The molecule has 2 saturated heterocycles. The van der Waals surface area contributed by atoms with Gasteiger partial charge in [0.15, 0.2) is 0 Å². The summed E-state index contributed by atoms with van der Waals surface area (Å²) in [5.41, 5.74) is 0.759. The Labute approximate surface area is 239 Å². The third-order valence-corrected chi connectivity index (χ3v) is 10.9. The highest BCUT2D eigenvalue weighted by Gasteiger charge is 2.72. The van der Waals surface area contributed by atoms with Crippen LogP contribution in [0.3, 0.4) is 0 Å². The molecule has 2 aromatic rings. The molecule has 210 valence electrons. The van der Waals surface area contributed by atoms with E-state index in [1.54, 1.807) is 9.80 Å². The first-order chi connectivity index (χ1) is 19.4. The van der Waals surface area contributed by atoms with Crippen LogP contribution in [0.15, 0.2) is 66.8 Å². The van der Waals surface area contributed by atoms with Crippen molar-refractivity contribution in [2.45, 2.75) is 55.2 Å². The lowest BCUT2D eigenvalue weighted by molar-refractivity contribution is -0.153. The summed E-state index contributed by atoms with van der Waals surface area (Å²) in [6, 6.07) is 12.6. The van der Waals surface area contributed by atoms with Gasteiger partial charge in [0.25, 0.3) is 5.91 Å². The van der Waals surface area contributed by atoms with Crippen molar-refractivity contribution in [2.24, 2.45) is 17.8 Å². The van der Waals surface area contributed by atoms with Crippen LogP contribution < -0.4 is 4.90 Å². The molecule has 0 aromatic heterocycles. The molecule has 4 heterocycles. The van der Waals surface area contributed by atoms with Gasteiger partial charge in [0.05, 0.1) is 35.8 Å². The molecule has 1 N–H and O–H groups in total. The SMILES string of the molecule is CC[C@H](C)[C@H](CO)N1C(=O)[C@@H]2[C@H]3C(=O)OCCC/C=C\[C@H]3S[C@@]23C=CCN(c2ccc4ccccc4c2)C(=O)C13. The second-order valence-electron chi connectivity index (χ2n) is 11.3. The average Bonchev–Trinajstić information content (AvgIpc) is 3.38. The number of likely N-dealkylation sites (tertiary alicyclic amines) is 1. The van der Waals surface area contributed by atoms with Crippen molar-refractivity contribution in [2.75, 3.05) is 24.7 Å². The van der Waals surface area contributed by atoms with Crippen molar-refractivity contribution in [1.82, 2.24) is 4.90 Å². The van der Waals surface area contributed by atoms with E-state index >= 15 is 0 Å². The van der Waals surface area contributed by atoms with E-state index in [1.807, 2.05) is 74.5 Å². The molecule has 0 bridgehead atoms. The summed E-state index contributed by atoms with van der Waals surface area (Å²) in [6.07, 6.45) is 10.4. The molecule has 2 amide bonds. The molecule has 7 nitrogen and oxygen atoms in total. The number of cyclic esters (lactones) is 1. The number of benzene rings is 2. The second-order valence-corrected chi connectivity index (χ2v) is 12.8. The first-order valence-corrected chi connectivity index (χ1v) is 15.2. The van der Waals surface area contributed by atoms with Crippen LogP contribution in [-0.2, 0) is 19.1 Å². The quantitative estimate of drug-likeness (QED) is 0.433. The number of esters is 1. The van der Waals surface area contributed by atoms with Crippen LogP contribution in [0.1, 0.15) is 33.1 Å². The number of carbonyl (C=O) groups excluding carboxylic acids is 3. The molecule has 2 aromatic carbocycles. The largest absolute Gasteiger partial charge is 0.465 e. The zero-order valence-electron chi connectivity index (χ0n) is 22.9. The van der Waals surface area contributed by atoms with Gasteiger partial charge in [-0.25, -0.2) is 0 Å². The third-order valence-electron chi connectivity index (χ3n) is 9.18. The summed E-state index contributed by atoms with van der Waals surface area (Å²) in [6.45, 7) is 4.43. The Kier molecular flexibility index (Phi) is 7.25. The minimum Gasteiger partial charge on any atom is -0.465 e. The average molecular weight is 561 g/mol. The molecule has 7 atom stereocenters. The fourth-order valence-corrected chi connectivity index (χ4v) is 8.93. The first-order valence-electron chi connectivity index (χ1n) is 14.3. The molecule has 40 heavy (non-hydrogen) atoms. The van der Waals surface area contributed by atoms with Gasteiger partial charge in [-0.3, -0.25) is 14.4 Å². The maximum Gasteiger partial charge on any atom is 0.311 e. The Bertz CT molecular complexity index is 1390. The number of anilines is 1. The van der Waals surface area contributed by atoms with Crippen molar-refractivity contribution in [1.29, 1.82) is 0 Å². The van der Waals surface area contributed by atoms with Gasteiger partial charge in [-0.2, -0.15) is 0 Å². The molecule has 8 heteroatoms. The van der Waals surface area contributed by atoms with E-state index in [2.05, 4.69) is 6.08 Å². The van der Waals surface area contributed by atoms with Crippen LogP contribution in [-0.4, -0.2) is 69.6 Å². The molecule has 6 rings (SSSR count). The van der Waals surface area contributed by atoms with Gasteiger partial charge < -0.3 is 19.6 Å². The zero-order valence-corrected chi connectivity index (χ0v) is 23.8. The first kappa shape index (κ1) is 27.1. The highest BCUT2D eigenvalue weighted by atomic mass is 32.2. The lowest BCUT2D eigenvalue weighted by atomic mass is 9.78. The molecule has 4 aliphatic heterocycles. The Balaban J connectivity index is 1.49. The fourth-order valence-electron chi connectivity index (χ4n) is 6.94. The van der Waals surface area contributed by atoms with Gasteiger partial charge in [-0.1, -0.05) is 74.9 Å². The van der Waals surface area contributed by atoms with E-state index in [9.17, 15) is 19.5 Å². The number of rotatable bonds is 5. The molecule has 0 radical (unpaired) electrons. The number of allylic oxidation sites excluding steroid dienone is 1. The van der Waals surface area contributed by atoms with Crippen molar-refractivity contribution < 1.29 is 24.2 Å². The molecule has 1 spiro atoms. The minimum atomic E-state index is -0.946. The lowest BCUT2D eigenvalue weighted by Crippen LogP contribution is -2.58. The highest BCUT2D eigenvalue weighted by molar-refractivity contribution is 8.02. The summed E-state index contributed by atoms with van der Waals surface area (Å²) < 4.78 is 4.71. The number of amides is 2. The summed E-state index contributed by atoms with van der Waals surface area (Å²) >= 11 is 1.54. The third kappa shape index (κ3) is 4.18. The fraction of sp³-hybridized carbons (Fsp3) is 0.469. The van der Waals surface area contributed by atoms with Gasteiger partial charge in [-0.15, -0.1) is 11.8 Å². The van der Waals surface area contributed by atoms with E-state index in [-0.39, 0.29) is 35.6 Å². The Morgan fingerprint density at radius 3 is 2.67 bits per heavy atom. The van der Waals surface area contributed by atoms with Crippen molar-refractivity contribution in [3.8, 4) is 0 Å². The van der Waals surface area contributed by atoms with Crippen LogP contribution in [0.2, 0.25) is 0 Å². The predicted octanol–water partition coefficient (Wildman–Crippen LogP) is 4.34. The number of nitrogens with zero attached hydrogens (tertiary/aromatic N) is 2. The molecule has 1 unspecified atom stereocenters. The van der Waals surface area contributed by atoms with Gasteiger partial charge in [0, 0.05) is 17.5 Å². The van der Waals surface area contributed by atoms with Crippen molar-refractivity contribution >= 4 is 46.0 Å². The Morgan fingerprint density at radius 2 is 1.90 bits per heavy atom. The van der Waals surface area contributed by atoms with Gasteiger partial charge >= 0.3 is 5.97 Å². The van der Waals surface area contributed by atoms with E-state index in [0.29, 0.717) is 13.2 Å². The molecule has 0 aliphatic carbocycles. The molecule has 2 fully saturated rings. The molecular formula is C32H36N2O5S. The number of fused-ring (bicyclic) bond motifs is 3. The van der Waals surface area contributed by atoms with Crippen molar-refractivity contribution in [3.05, 3.63) is 66.8 Å². The number of carbonyl (C=O) groups is 3. The maximum absolute atomic E-state index is 14.7. The standard InChI is InChI=1S/C32H36N2O5S/c1-3-20(2)24(19-35)34-28-30(37)33(23-14-13-21-10-6-7-11-22(21)18-23)16-9-15-32(28)27(29(34)36)26-25(40-32)12-5-4-8-17-39-31(26)38/h5-7,9-15,18,20,24-28,35H,3-4,8,16-17,19H2,1-2H3/b12-5-/t20-,24-,25+,26-,27-,28?,32-/m0/s1. The van der Waals surface area contributed by atoms with Gasteiger partial charge in [-0.05, 0) is 41.7 Å². The maximum atomic E-state index is 14.7. The van der Waals surface area contributed by atoms with Crippen LogP contribution in [0.25, 0.3) is 10.8 Å². The number of hydrogen-bond donors (Lipinski definition) is 1. The normalized spacial score (nSPS) is 32.3. The highest BCUT2D eigenvalue weighted by Crippen LogP contribution is 2.61. The van der Waals surface area contributed by atoms with E-state index in [1.165, 1.54) is 11.8 Å². The van der Waals surface area contributed by atoms with Crippen LogP contribution in [0, 0.1) is 17.8 Å². The van der Waals surface area contributed by atoms with E-state index < -0.39 is 28.7 Å². The Morgan fingerprint density at radius 1 is 1.10 bits per heavy atom. The minimum absolute atomic E-state index is 0.0350. The monoisotopic (exact) mass is 560 g/mol. The number of aliphatic hydroxyl groups excluding tert-OH is 1. The Hall–Kier alpha value is -3.10. The molecule has 4 aliphatic rings. The number of ether oxygens (including phenoxy) is 1. The molecule has 0 saturated carbocycles. The van der Waals surface area contributed by atoms with Crippen LogP contribution in [0.5, 0.6) is 0 Å². The second kappa shape index (κ2) is 10.7. The van der Waals surface area contributed by atoms with E-state index in [0.717, 1.165) is 35.7 Å². The summed E-state index contributed by atoms with van der Waals surface area (Å²) in [7, 11) is 0. The predicted molar refractivity (Wildman–Crippen MR) is 157 cm³/mol. The van der Waals surface area contributed by atoms with Crippen LogP contribution >= 0.6 is 11.8 Å². The summed E-state index contributed by atoms with van der Waals surface area (Å²) in [5.74, 6) is -2.29. The smallest absolute Gasteiger partial charge is 0.311 e. The number of aliphatic hydroxyl groups is 1. The van der Waals surface area contributed by atoms with Gasteiger partial charge in [0.2, 0.25) is 5.91 Å².